The highest BCUT2D eigenvalue weighted by atomic mass is 35.5. The molecule has 0 unspecified atom stereocenters. The summed E-state index contributed by atoms with van der Waals surface area (Å²) in [7, 11) is 2.47. The molecule has 19 heavy (non-hydrogen) atoms. The van der Waals surface area contributed by atoms with E-state index in [4.69, 9.17) is 21.4 Å². The first-order valence-corrected chi connectivity index (χ1v) is 5.39. The van der Waals surface area contributed by atoms with Gasteiger partial charge >= 0.3 is 11.9 Å². The highest BCUT2D eigenvalue weighted by Gasteiger charge is 2.18. The molecule has 1 aromatic rings. The number of benzene rings is 1. The zero-order valence-electron chi connectivity index (χ0n) is 10.2. The van der Waals surface area contributed by atoms with Gasteiger partial charge in [0.2, 0.25) is 5.76 Å². The number of aromatic carboxylic acids is 1. The molecule has 7 heteroatoms. The number of hydrogen-bond donors (Lipinski definition) is 1. The molecule has 1 aromatic carbocycles. The average molecular weight is 287 g/mol. The van der Waals surface area contributed by atoms with Gasteiger partial charge in [0.05, 0.1) is 14.2 Å². The molecule has 0 aromatic heterocycles. The zero-order chi connectivity index (χ0) is 14.4. The van der Waals surface area contributed by atoms with Gasteiger partial charge in [0.15, 0.2) is 0 Å². The van der Waals surface area contributed by atoms with Crippen LogP contribution in [0.3, 0.4) is 0 Å². The normalized spacial score (nSPS) is 10.8. The first kappa shape index (κ1) is 14.8. The molecular formula is C12H11ClO6. The van der Waals surface area contributed by atoms with Crippen LogP contribution in [-0.4, -0.2) is 31.3 Å². The van der Waals surface area contributed by atoms with Gasteiger partial charge < -0.3 is 19.3 Å². The van der Waals surface area contributed by atoms with Crippen LogP contribution in [0.4, 0.5) is 0 Å². The maximum atomic E-state index is 11.4. The van der Waals surface area contributed by atoms with Crippen LogP contribution in [0.1, 0.15) is 10.4 Å². The molecule has 6 nitrogen and oxygen atoms in total. The van der Waals surface area contributed by atoms with E-state index >= 15 is 0 Å². The molecule has 1 N–H and O–H groups in total. The molecule has 0 aliphatic rings. The summed E-state index contributed by atoms with van der Waals surface area (Å²) in [6, 6.07) is 3.98. The summed E-state index contributed by atoms with van der Waals surface area (Å²) in [5.74, 6) is -2.37. The molecular weight excluding hydrogens is 276 g/mol. The van der Waals surface area contributed by atoms with Crippen molar-refractivity contribution in [2.24, 2.45) is 0 Å². The molecule has 0 aliphatic heterocycles. The third-order valence-electron chi connectivity index (χ3n) is 2.00. The number of rotatable bonds is 5. The Labute approximate surface area is 114 Å². The first-order valence-electron chi connectivity index (χ1n) is 5.01. The predicted octanol–water partition coefficient (Wildman–Crippen LogP) is 2.08. The lowest BCUT2D eigenvalue weighted by Crippen LogP contribution is -2.13. The number of halogens is 1. The molecule has 0 spiro atoms. The quantitative estimate of drug-likeness (QED) is 0.507. The van der Waals surface area contributed by atoms with Crippen molar-refractivity contribution in [1.29, 1.82) is 0 Å². The van der Waals surface area contributed by atoms with Gasteiger partial charge in [-0.3, -0.25) is 0 Å². The van der Waals surface area contributed by atoms with E-state index in [2.05, 4.69) is 9.47 Å². The highest BCUT2D eigenvalue weighted by molar-refractivity contribution is 6.31. The van der Waals surface area contributed by atoms with Crippen molar-refractivity contribution in [3.8, 4) is 5.75 Å². The third kappa shape index (κ3) is 3.89. The van der Waals surface area contributed by atoms with Crippen molar-refractivity contribution in [3.05, 3.63) is 40.8 Å². The maximum absolute atomic E-state index is 11.4. The van der Waals surface area contributed by atoms with Crippen molar-refractivity contribution in [2.45, 2.75) is 0 Å². The number of ether oxygens (including phenoxy) is 3. The van der Waals surface area contributed by atoms with Crippen LogP contribution in [-0.2, 0) is 14.3 Å². The van der Waals surface area contributed by atoms with Crippen LogP contribution in [0.15, 0.2) is 30.2 Å². The Bertz CT molecular complexity index is 523. The van der Waals surface area contributed by atoms with Crippen LogP contribution in [0.2, 0.25) is 5.02 Å². The van der Waals surface area contributed by atoms with Gasteiger partial charge in [0.25, 0.3) is 0 Å². The number of esters is 1. The average Bonchev–Trinajstić information content (AvgIpc) is 2.38. The zero-order valence-corrected chi connectivity index (χ0v) is 10.9. The Kier molecular flexibility index (Phi) is 5.20. The third-order valence-corrected chi connectivity index (χ3v) is 2.24. The standard InChI is InChI=1S/C12H11ClO6/c1-17-6-10(12(16)18-2)19-9-4-3-7(13)5-8(9)11(14)15/h3-6H,1-2H3,(H,14,15)/b10-6+. The lowest BCUT2D eigenvalue weighted by molar-refractivity contribution is -0.138. The van der Waals surface area contributed by atoms with Gasteiger partial charge in [-0.25, -0.2) is 9.59 Å². The fourth-order valence-corrected chi connectivity index (χ4v) is 1.37. The first-order chi connectivity index (χ1) is 8.99. The van der Waals surface area contributed by atoms with Crippen molar-refractivity contribution in [1.82, 2.24) is 0 Å². The molecule has 102 valence electrons. The summed E-state index contributed by atoms with van der Waals surface area (Å²) in [4.78, 5) is 22.4. The summed E-state index contributed by atoms with van der Waals surface area (Å²) >= 11 is 5.70. The number of carbonyl (C=O) groups excluding carboxylic acids is 1. The Hall–Kier alpha value is -2.21. The van der Waals surface area contributed by atoms with Crippen LogP contribution in [0, 0.1) is 0 Å². The van der Waals surface area contributed by atoms with Crippen LogP contribution in [0.5, 0.6) is 5.75 Å². The SMILES string of the molecule is CO/C=C(/Oc1ccc(Cl)cc1C(=O)O)C(=O)OC. The highest BCUT2D eigenvalue weighted by Crippen LogP contribution is 2.25. The van der Waals surface area contributed by atoms with Crippen LogP contribution >= 0.6 is 11.6 Å². The molecule has 0 saturated carbocycles. The monoisotopic (exact) mass is 286 g/mol. The van der Waals surface area contributed by atoms with Gasteiger partial charge in [0.1, 0.15) is 17.6 Å². The Balaban J connectivity index is 3.13. The van der Waals surface area contributed by atoms with E-state index in [1.165, 1.54) is 25.3 Å². The second kappa shape index (κ2) is 6.65. The van der Waals surface area contributed by atoms with Gasteiger partial charge in [-0.15, -0.1) is 0 Å². The maximum Gasteiger partial charge on any atom is 0.377 e. The molecule has 0 fully saturated rings. The van der Waals surface area contributed by atoms with E-state index in [1.807, 2.05) is 0 Å². The van der Waals surface area contributed by atoms with Crippen molar-refractivity contribution in [2.75, 3.05) is 14.2 Å². The Morgan fingerprint density at radius 3 is 2.53 bits per heavy atom. The number of carboxylic acid groups (broad SMARTS) is 1. The second-order valence-electron chi connectivity index (χ2n) is 3.26. The number of carboxylic acids is 1. The lowest BCUT2D eigenvalue weighted by atomic mass is 10.2. The minimum absolute atomic E-state index is 0.0504. The minimum Gasteiger partial charge on any atom is -0.500 e. The fraction of sp³-hybridized carbons (Fsp3) is 0.167. The van der Waals surface area contributed by atoms with E-state index in [-0.39, 0.29) is 22.1 Å². The summed E-state index contributed by atoms with van der Waals surface area (Å²) in [5.41, 5.74) is -0.182. The van der Waals surface area contributed by atoms with Crippen molar-refractivity contribution in [3.63, 3.8) is 0 Å². The molecule has 0 heterocycles. The van der Waals surface area contributed by atoms with Gasteiger partial charge in [-0.05, 0) is 18.2 Å². The molecule has 0 amide bonds. The lowest BCUT2D eigenvalue weighted by Gasteiger charge is -2.10. The van der Waals surface area contributed by atoms with E-state index in [0.29, 0.717) is 0 Å². The van der Waals surface area contributed by atoms with E-state index < -0.39 is 11.9 Å². The summed E-state index contributed by atoms with van der Waals surface area (Å²) < 4.78 is 14.3. The molecule has 0 saturated heterocycles. The topological polar surface area (TPSA) is 82.1 Å². The molecule has 0 radical (unpaired) electrons. The van der Waals surface area contributed by atoms with Gasteiger partial charge in [0, 0.05) is 5.02 Å². The van der Waals surface area contributed by atoms with Crippen molar-refractivity contribution < 1.29 is 28.9 Å². The number of hydrogen-bond acceptors (Lipinski definition) is 5. The number of methoxy groups -OCH3 is 2. The summed E-state index contributed by atoms with van der Waals surface area (Å²) in [6.07, 6.45) is 1.01. The van der Waals surface area contributed by atoms with Gasteiger partial charge in [-0.1, -0.05) is 11.6 Å². The van der Waals surface area contributed by atoms with Crippen LogP contribution < -0.4 is 4.74 Å². The van der Waals surface area contributed by atoms with E-state index in [0.717, 1.165) is 13.4 Å². The molecule has 0 aliphatic carbocycles. The summed E-state index contributed by atoms with van der Waals surface area (Å²) in [5, 5.41) is 9.26. The second-order valence-corrected chi connectivity index (χ2v) is 3.69. The molecule has 1 rings (SSSR count). The largest absolute Gasteiger partial charge is 0.500 e. The fourth-order valence-electron chi connectivity index (χ4n) is 1.20. The van der Waals surface area contributed by atoms with Crippen molar-refractivity contribution >= 4 is 23.5 Å². The van der Waals surface area contributed by atoms with E-state index in [1.54, 1.807) is 0 Å². The van der Waals surface area contributed by atoms with Gasteiger partial charge in [-0.2, -0.15) is 0 Å². The number of carbonyl (C=O) groups is 2. The molecule has 0 bridgehead atoms. The van der Waals surface area contributed by atoms with E-state index in [9.17, 15) is 9.59 Å². The Morgan fingerprint density at radius 1 is 1.32 bits per heavy atom. The van der Waals surface area contributed by atoms with Crippen LogP contribution in [0.25, 0.3) is 0 Å². The smallest absolute Gasteiger partial charge is 0.377 e. The predicted molar refractivity (Wildman–Crippen MR) is 66.1 cm³/mol. The Morgan fingerprint density at radius 2 is 2.00 bits per heavy atom. The molecule has 0 atom stereocenters. The minimum atomic E-state index is -1.24. The summed E-state index contributed by atoms with van der Waals surface area (Å²) in [6.45, 7) is 0.